The summed E-state index contributed by atoms with van der Waals surface area (Å²) in [5.41, 5.74) is 2.02. The Bertz CT molecular complexity index is 394. The summed E-state index contributed by atoms with van der Waals surface area (Å²) in [5, 5.41) is 0.902. The molecule has 0 aliphatic carbocycles. The van der Waals surface area contributed by atoms with Crippen molar-refractivity contribution in [3.63, 3.8) is 0 Å². The fourth-order valence-electron chi connectivity index (χ4n) is 0.864. The third-order valence-electron chi connectivity index (χ3n) is 1.38. The van der Waals surface area contributed by atoms with Crippen LogP contribution in [0.2, 0.25) is 0 Å². The molecule has 0 aromatic carbocycles. The minimum absolute atomic E-state index is 0.802. The van der Waals surface area contributed by atoms with Crippen LogP contribution in [-0.2, 0) is 0 Å². The molecule has 0 radical (unpaired) electrons. The summed E-state index contributed by atoms with van der Waals surface area (Å²) in [6.45, 7) is 11.9. The predicted molar refractivity (Wildman–Crippen MR) is 66.6 cm³/mol. The quantitative estimate of drug-likeness (QED) is 0.753. The molecule has 0 spiro atoms. The summed E-state index contributed by atoms with van der Waals surface area (Å²) < 4.78 is 6.18. The molecule has 0 N–H and O–H groups in total. The van der Waals surface area contributed by atoms with Crippen LogP contribution in [0.3, 0.4) is 0 Å². The van der Waals surface area contributed by atoms with E-state index < -0.39 is 0 Å². The highest BCUT2D eigenvalue weighted by atomic mass is 79.9. The summed E-state index contributed by atoms with van der Waals surface area (Å²) in [4.78, 5) is 0. The van der Waals surface area contributed by atoms with Gasteiger partial charge in [-0.1, -0.05) is 26.0 Å². The van der Waals surface area contributed by atoms with Crippen molar-refractivity contribution in [3.8, 4) is 0 Å². The zero-order valence-corrected chi connectivity index (χ0v) is 10.8. The number of hydrogen-bond acceptors (Lipinski definition) is 1. The number of furan rings is 1. The van der Waals surface area contributed by atoms with E-state index in [1.54, 1.807) is 6.26 Å². The first-order chi connectivity index (χ1) is 6.61. The molecule has 0 bridgehead atoms. The smallest absolute Gasteiger partial charge is 0.147 e. The van der Waals surface area contributed by atoms with Crippen LogP contribution in [0.5, 0.6) is 0 Å². The topological polar surface area (TPSA) is 13.1 Å². The first-order valence-corrected chi connectivity index (χ1v) is 5.47. The van der Waals surface area contributed by atoms with Crippen LogP contribution < -0.4 is 10.6 Å². The number of allylic oxidation sites excluding steroid dienone is 2. The summed E-state index contributed by atoms with van der Waals surface area (Å²) in [7, 11) is 0. The van der Waals surface area contributed by atoms with Gasteiger partial charge in [0.1, 0.15) is 5.42 Å². The van der Waals surface area contributed by atoms with E-state index in [-0.39, 0.29) is 0 Å². The lowest BCUT2D eigenvalue weighted by Gasteiger charge is -1.88. The van der Waals surface area contributed by atoms with E-state index in [2.05, 4.69) is 22.5 Å². The molecule has 0 aliphatic rings. The molecule has 14 heavy (non-hydrogen) atoms. The maximum atomic E-state index is 5.24. The molecule has 78 valence electrons. The van der Waals surface area contributed by atoms with Gasteiger partial charge in [-0.3, -0.25) is 0 Å². The lowest BCUT2D eigenvalue weighted by atomic mass is 10.3. The third-order valence-corrected chi connectivity index (χ3v) is 1.97. The minimum Gasteiger partial charge on any atom is -0.463 e. The molecule has 1 heterocycles. The molecule has 0 fully saturated rings. The highest BCUT2D eigenvalue weighted by Gasteiger charge is 1.92. The van der Waals surface area contributed by atoms with Gasteiger partial charge in [0, 0.05) is 5.22 Å². The first kappa shape index (κ1) is 13.2. The summed E-state index contributed by atoms with van der Waals surface area (Å²) in [6, 6.07) is 1.84. The van der Waals surface area contributed by atoms with Crippen molar-refractivity contribution >= 4 is 27.0 Å². The summed E-state index contributed by atoms with van der Waals surface area (Å²) in [6.07, 6.45) is 3.64. The van der Waals surface area contributed by atoms with Crippen molar-refractivity contribution in [1.82, 2.24) is 0 Å². The fourth-order valence-corrected chi connectivity index (χ4v) is 1.67. The third kappa shape index (κ3) is 3.97. The number of rotatable bonds is 1. The molecule has 1 rings (SSSR count). The van der Waals surface area contributed by atoms with Crippen molar-refractivity contribution in [2.24, 2.45) is 0 Å². The van der Waals surface area contributed by atoms with Crippen molar-refractivity contribution in [2.45, 2.75) is 27.7 Å². The molecule has 0 unspecified atom stereocenters. The molecule has 0 aliphatic heterocycles. The second kappa shape index (κ2) is 6.66. The summed E-state index contributed by atoms with van der Waals surface area (Å²) >= 11 is 3.42. The Morgan fingerprint density at radius 2 is 2.00 bits per heavy atom. The van der Waals surface area contributed by atoms with Crippen LogP contribution in [0.15, 0.2) is 28.4 Å². The van der Waals surface area contributed by atoms with E-state index in [9.17, 15) is 0 Å². The van der Waals surface area contributed by atoms with Gasteiger partial charge in [0.15, 0.2) is 0 Å². The van der Waals surface area contributed by atoms with Gasteiger partial charge in [-0.15, -0.1) is 0 Å². The molecule has 0 amide bonds. The Morgan fingerprint density at radius 1 is 1.43 bits per heavy atom. The van der Waals surface area contributed by atoms with Gasteiger partial charge >= 0.3 is 0 Å². The highest BCUT2D eigenvalue weighted by molar-refractivity contribution is 9.15. The Morgan fingerprint density at radius 3 is 2.36 bits per heavy atom. The van der Waals surface area contributed by atoms with Gasteiger partial charge < -0.3 is 4.42 Å². The fraction of sp³-hybridized carbons (Fsp3) is 0.333. The van der Waals surface area contributed by atoms with Crippen LogP contribution in [-0.4, -0.2) is 0 Å². The number of hydrogen-bond donors (Lipinski definition) is 0. The highest BCUT2D eigenvalue weighted by Crippen LogP contribution is 2.07. The molecule has 0 saturated heterocycles. The van der Waals surface area contributed by atoms with Crippen molar-refractivity contribution < 1.29 is 4.42 Å². The molecule has 1 nitrogen and oxygen atoms in total. The number of halogens is 1. The molecule has 2 heteroatoms. The first-order valence-electron chi connectivity index (χ1n) is 4.68. The van der Waals surface area contributed by atoms with E-state index in [4.69, 9.17) is 4.42 Å². The average molecular weight is 257 g/mol. The van der Waals surface area contributed by atoms with E-state index in [1.807, 2.05) is 39.8 Å². The van der Waals surface area contributed by atoms with Crippen molar-refractivity contribution in [2.75, 3.05) is 0 Å². The van der Waals surface area contributed by atoms with Crippen LogP contribution in [0.1, 0.15) is 27.7 Å². The zero-order valence-electron chi connectivity index (χ0n) is 9.23. The summed E-state index contributed by atoms with van der Waals surface area (Å²) in [5.74, 6) is 0. The van der Waals surface area contributed by atoms with Crippen LogP contribution >= 0.6 is 15.9 Å². The van der Waals surface area contributed by atoms with E-state index >= 15 is 0 Å². The van der Waals surface area contributed by atoms with E-state index in [0.29, 0.717) is 0 Å². The van der Waals surface area contributed by atoms with E-state index in [0.717, 1.165) is 15.1 Å². The standard InChI is InChI=1S/C10H11BrO.C2H6/c1-7(2)6-9(11)10-8(3)4-5-12-10;1-2/h4-6H,3H2,1-2H3;1-2H3/b10-9-;. The Kier molecular flexibility index (Phi) is 6.30. The molecule has 1 aromatic rings. The maximum Gasteiger partial charge on any atom is 0.147 e. The van der Waals surface area contributed by atoms with Crippen LogP contribution in [0.25, 0.3) is 11.1 Å². The lowest BCUT2D eigenvalue weighted by molar-refractivity contribution is 0.531. The van der Waals surface area contributed by atoms with Gasteiger partial charge in [-0.05, 0) is 41.9 Å². The molecular formula is C12H17BrO. The van der Waals surface area contributed by atoms with Gasteiger partial charge in [0.25, 0.3) is 0 Å². The molecular weight excluding hydrogens is 240 g/mol. The minimum atomic E-state index is 0.802. The normalized spacial score (nSPS) is 11.2. The van der Waals surface area contributed by atoms with Gasteiger partial charge in [0.2, 0.25) is 0 Å². The molecule has 0 saturated carbocycles. The van der Waals surface area contributed by atoms with Gasteiger partial charge in [0.05, 0.1) is 10.7 Å². The lowest BCUT2D eigenvalue weighted by Crippen LogP contribution is -2.18. The van der Waals surface area contributed by atoms with Crippen molar-refractivity contribution in [3.05, 3.63) is 34.6 Å². The Labute approximate surface area is 93.9 Å². The van der Waals surface area contributed by atoms with Gasteiger partial charge in [-0.2, -0.15) is 0 Å². The maximum absolute atomic E-state index is 5.24. The SMILES string of the molecule is C=c1cco/c1=C(\Br)C=C(C)C.CC. The Hall–Kier alpha value is -0.760. The van der Waals surface area contributed by atoms with Crippen LogP contribution in [0.4, 0.5) is 0 Å². The largest absolute Gasteiger partial charge is 0.463 e. The van der Waals surface area contributed by atoms with Gasteiger partial charge in [-0.25, -0.2) is 0 Å². The Balaban J connectivity index is 0.000000791. The second-order valence-electron chi connectivity index (χ2n) is 2.84. The van der Waals surface area contributed by atoms with Crippen molar-refractivity contribution in [1.29, 1.82) is 0 Å². The molecule has 0 atom stereocenters. The predicted octanol–water partition coefficient (Wildman–Crippen LogP) is 3.19. The second-order valence-corrected chi connectivity index (χ2v) is 3.70. The van der Waals surface area contributed by atoms with Crippen LogP contribution in [0, 0.1) is 0 Å². The molecule has 1 aromatic heterocycles. The average Bonchev–Trinajstić information content (AvgIpc) is 2.54. The monoisotopic (exact) mass is 256 g/mol. The van der Waals surface area contributed by atoms with E-state index in [1.165, 1.54) is 5.57 Å². The zero-order chi connectivity index (χ0) is 11.1.